The number of rotatable bonds is 8. The molecule has 0 N–H and O–H groups in total. The van der Waals surface area contributed by atoms with E-state index >= 15 is 0 Å². The van der Waals surface area contributed by atoms with Crippen LogP contribution in [0, 0.1) is 0 Å². The van der Waals surface area contributed by atoms with Crippen molar-refractivity contribution in [2.24, 2.45) is 0 Å². The van der Waals surface area contributed by atoms with Crippen molar-refractivity contribution in [2.75, 3.05) is 42.7 Å². The fourth-order valence-electron chi connectivity index (χ4n) is 3.44. The molecule has 0 saturated heterocycles. The molecule has 0 bridgehead atoms. The Morgan fingerprint density at radius 3 is 1.28 bits per heavy atom. The van der Waals surface area contributed by atoms with Crippen LogP contribution >= 0.6 is 0 Å². The Balaban J connectivity index is 0.000000320. The van der Waals surface area contributed by atoms with Crippen LogP contribution < -0.4 is 35.6 Å². The summed E-state index contributed by atoms with van der Waals surface area (Å²) in [5.74, 6) is 4.81. The van der Waals surface area contributed by atoms with Gasteiger partial charge in [-0.3, -0.25) is 0 Å². The Morgan fingerprint density at radius 2 is 0.969 bits per heavy atom. The molecule has 2 rings (SSSR count). The van der Waals surface area contributed by atoms with Crippen molar-refractivity contribution in [1.82, 2.24) is 0 Å². The molecule has 0 atom stereocenters. The molecule has 0 heterocycles. The second-order valence-corrected chi connectivity index (χ2v) is 37.9. The van der Waals surface area contributed by atoms with Gasteiger partial charge in [0.15, 0.2) is 0 Å². The fraction of sp³-hybridized carbons (Fsp3) is 0.500. The van der Waals surface area contributed by atoms with Crippen molar-refractivity contribution < 1.29 is 28.4 Å². The number of hydrogen-bond acceptors (Lipinski definition) is 6. The molecular weight excluding hydrogens is 622 g/mol. The molecular formula is C24H40O6Sn2. The average molecular weight is 662 g/mol. The van der Waals surface area contributed by atoms with Gasteiger partial charge in [-0.1, -0.05) is 0 Å². The summed E-state index contributed by atoms with van der Waals surface area (Å²) in [5.41, 5.74) is 0. The van der Waals surface area contributed by atoms with Crippen molar-refractivity contribution in [3.63, 3.8) is 0 Å². The zero-order valence-electron chi connectivity index (χ0n) is 21.8. The van der Waals surface area contributed by atoms with E-state index in [9.17, 15) is 0 Å². The van der Waals surface area contributed by atoms with Crippen LogP contribution in [-0.4, -0.2) is 79.4 Å². The normalized spacial score (nSPS) is 11.1. The first-order valence-electron chi connectivity index (χ1n) is 10.5. The van der Waals surface area contributed by atoms with E-state index in [1.54, 1.807) is 42.7 Å². The molecule has 0 amide bonds. The molecule has 0 unspecified atom stereocenters. The Bertz CT molecular complexity index is 860. The molecule has 6 nitrogen and oxygen atoms in total. The third kappa shape index (κ3) is 7.17. The van der Waals surface area contributed by atoms with E-state index in [0.717, 1.165) is 28.7 Å². The number of ether oxygens (including phenoxy) is 6. The van der Waals surface area contributed by atoms with Crippen LogP contribution in [0.3, 0.4) is 0 Å². The van der Waals surface area contributed by atoms with Crippen LogP contribution in [0.2, 0.25) is 29.6 Å². The van der Waals surface area contributed by atoms with Gasteiger partial charge in [-0.15, -0.1) is 0 Å². The van der Waals surface area contributed by atoms with E-state index in [4.69, 9.17) is 28.4 Å². The van der Waals surface area contributed by atoms with Crippen LogP contribution in [0.25, 0.3) is 0 Å². The Morgan fingerprint density at radius 1 is 0.500 bits per heavy atom. The summed E-state index contributed by atoms with van der Waals surface area (Å²) in [4.78, 5) is 14.0. The van der Waals surface area contributed by atoms with Gasteiger partial charge in [-0.25, -0.2) is 0 Å². The van der Waals surface area contributed by atoms with Crippen molar-refractivity contribution in [3.8, 4) is 34.5 Å². The molecule has 2 aromatic rings. The molecule has 0 aliphatic carbocycles. The van der Waals surface area contributed by atoms with Crippen LogP contribution in [0.4, 0.5) is 0 Å². The first-order valence-corrected chi connectivity index (χ1v) is 30.5. The molecule has 180 valence electrons. The van der Waals surface area contributed by atoms with Gasteiger partial charge < -0.3 is 0 Å². The quantitative estimate of drug-likeness (QED) is 0.388. The molecule has 0 aliphatic rings. The van der Waals surface area contributed by atoms with Crippen LogP contribution in [0.15, 0.2) is 24.3 Å². The number of methoxy groups -OCH3 is 6. The SMILES string of the molecule is COc1cc(OC)[c]([Sn]([CH3])([CH3])[CH3])c(OC)c1.COc1cc[c]([Sn]([CH3])([CH3])[CH3])c(OC)c1OC. The summed E-state index contributed by atoms with van der Waals surface area (Å²) in [7, 11) is 9.98. The summed E-state index contributed by atoms with van der Waals surface area (Å²) in [6.45, 7) is 0. The Kier molecular flexibility index (Phi) is 11.1. The summed E-state index contributed by atoms with van der Waals surface area (Å²) in [6, 6.07) is 7.93. The summed E-state index contributed by atoms with van der Waals surface area (Å²) in [6.07, 6.45) is 0. The van der Waals surface area contributed by atoms with Crippen molar-refractivity contribution in [3.05, 3.63) is 24.3 Å². The van der Waals surface area contributed by atoms with Gasteiger partial charge in [-0.05, 0) is 0 Å². The van der Waals surface area contributed by atoms with Gasteiger partial charge in [0, 0.05) is 0 Å². The molecule has 32 heavy (non-hydrogen) atoms. The third-order valence-electron chi connectivity index (χ3n) is 4.98. The van der Waals surface area contributed by atoms with E-state index in [1.807, 2.05) is 18.2 Å². The Hall–Kier alpha value is -1.16. The average Bonchev–Trinajstić information content (AvgIpc) is 2.75. The molecule has 0 aromatic heterocycles. The topological polar surface area (TPSA) is 55.4 Å². The molecule has 0 saturated carbocycles. The van der Waals surface area contributed by atoms with Crippen LogP contribution in [0.5, 0.6) is 34.5 Å². The van der Waals surface area contributed by atoms with Gasteiger partial charge >= 0.3 is 203 Å². The maximum absolute atomic E-state index is 5.48. The number of benzene rings is 2. The van der Waals surface area contributed by atoms with Crippen molar-refractivity contribution >= 4 is 43.9 Å². The molecule has 0 aliphatic heterocycles. The predicted octanol–water partition coefficient (Wildman–Crippen LogP) is 4.52. The van der Waals surface area contributed by atoms with E-state index in [2.05, 4.69) is 35.7 Å². The first kappa shape index (κ1) is 28.9. The minimum atomic E-state index is -2.26. The zero-order chi connectivity index (χ0) is 24.7. The van der Waals surface area contributed by atoms with Gasteiger partial charge in [0.1, 0.15) is 0 Å². The predicted molar refractivity (Wildman–Crippen MR) is 138 cm³/mol. The maximum atomic E-state index is 5.48. The second kappa shape index (κ2) is 12.3. The van der Waals surface area contributed by atoms with Crippen molar-refractivity contribution in [1.29, 1.82) is 0 Å². The van der Waals surface area contributed by atoms with Crippen molar-refractivity contribution in [2.45, 2.75) is 29.6 Å². The van der Waals surface area contributed by atoms with Gasteiger partial charge in [0.25, 0.3) is 0 Å². The molecule has 8 heteroatoms. The molecule has 0 fully saturated rings. The number of hydrogen-bond donors (Lipinski definition) is 0. The molecule has 0 radical (unpaired) electrons. The summed E-state index contributed by atoms with van der Waals surface area (Å²) < 4.78 is 34.8. The van der Waals surface area contributed by atoms with E-state index in [0.29, 0.717) is 5.75 Å². The summed E-state index contributed by atoms with van der Waals surface area (Å²) >= 11 is -4.44. The second-order valence-electron chi connectivity index (χ2n) is 9.29. The van der Waals surface area contributed by atoms with E-state index in [1.165, 1.54) is 7.16 Å². The fourth-order valence-corrected chi connectivity index (χ4v) is 12.9. The summed E-state index contributed by atoms with van der Waals surface area (Å²) in [5, 5.41) is 0. The first-order chi connectivity index (χ1) is 14.9. The minimum absolute atomic E-state index is 0.703. The van der Waals surface area contributed by atoms with Crippen LogP contribution in [0.1, 0.15) is 0 Å². The van der Waals surface area contributed by atoms with Gasteiger partial charge in [0.2, 0.25) is 0 Å². The Labute approximate surface area is 202 Å². The van der Waals surface area contributed by atoms with Crippen LogP contribution in [-0.2, 0) is 0 Å². The van der Waals surface area contributed by atoms with Gasteiger partial charge in [-0.2, -0.15) is 0 Å². The van der Waals surface area contributed by atoms with E-state index < -0.39 is 36.8 Å². The monoisotopic (exact) mass is 664 g/mol. The molecule has 0 spiro atoms. The molecule has 2 aromatic carbocycles. The zero-order valence-corrected chi connectivity index (χ0v) is 27.5. The third-order valence-corrected chi connectivity index (χ3v) is 16.4. The standard InChI is InChI=1S/2C9H11O3.6CH3.2Sn/c1-10-7-4-8(11-2)6-9(5-7)12-3;1-10-7-5-4-6-8(11-2)9(7)12-3;;;;;;;;/h2*4-5H,1-3H3;6*1H3;;. The van der Waals surface area contributed by atoms with E-state index in [-0.39, 0.29) is 0 Å². The van der Waals surface area contributed by atoms with Gasteiger partial charge in [0.05, 0.1) is 0 Å².